The highest BCUT2D eigenvalue weighted by molar-refractivity contribution is 7.90. The first-order valence-electron chi connectivity index (χ1n) is 6.14. The molecule has 1 aliphatic rings. The lowest BCUT2D eigenvalue weighted by atomic mass is 9.96. The number of azide groups is 1. The molecule has 0 N–H and O–H groups in total. The molecule has 0 saturated heterocycles. The van der Waals surface area contributed by atoms with Gasteiger partial charge < -0.3 is 4.74 Å². The van der Waals surface area contributed by atoms with Gasteiger partial charge in [-0.3, -0.25) is 4.79 Å². The molecule has 0 aliphatic carbocycles. The maximum atomic E-state index is 12.4. The zero-order valence-corrected chi connectivity index (χ0v) is 12.6. The number of benzene rings is 1. The van der Waals surface area contributed by atoms with Crippen LogP contribution in [0.15, 0.2) is 22.1 Å². The lowest BCUT2D eigenvalue weighted by Gasteiger charge is -2.11. The molecule has 0 radical (unpaired) electrons. The highest BCUT2D eigenvalue weighted by Gasteiger charge is 2.43. The Kier molecular flexibility index (Phi) is 3.80. The predicted molar refractivity (Wildman–Crippen MR) is 74.5 cm³/mol. The molecule has 0 saturated carbocycles. The first kappa shape index (κ1) is 15.1. The first-order valence-corrected chi connectivity index (χ1v) is 7.58. The van der Waals surface area contributed by atoms with E-state index in [0.717, 1.165) is 0 Å². The second kappa shape index (κ2) is 5.27. The van der Waals surface area contributed by atoms with Crippen LogP contribution in [-0.2, 0) is 10.0 Å². The van der Waals surface area contributed by atoms with Gasteiger partial charge in [-0.25, -0.2) is 12.7 Å². The summed E-state index contributed by atoms with van der Waals surface area (Å²) in [6.07, 6.45) is 0. The van der Waals surface area contributed by atoms with Gasteiger partial charge in [-0.2, -0.15) is 0 Å². The van der Waals surface area contributed by atoms with Gasteiger partial charge in [0.05, 0.1) is 12.7 Å². The van der Waals surface area contributed by atoms with Gasteiger partial charge in [-0.15, -0.1) is 0 Å². The van der Waals surface area contributed by atoms with Crippen molar-refractivity contribution in [2.45, 2.75) is 24.7 Å². The Balaban J connectivity index is 2.73. The number of rotatable bonds is 4. The topological polar surface area (TPSA) is 112 Å². The normalized spacial score (nSPS) is 15.8. The van der Waals surface area contributed by atoms with Crippen LogP contribution in [0.2, 0.25) is 0 Å². The van der Waals surface area contributed by atoms with E-state index in [0.29, 0.717) is 15.6 Å². The molecular weight excluding hydrogens is 296 g/mol. The number of carbonyl (C=O) groups excluding carboxylic acids is 1. The van der Waals surface area contributed by atoms with Gasteiger partial charge in [0.2, 0.25) is 0 Å². The zero-order valence-electron chi connectivity index (χ0n) is 11.8. The van der Waals surface area contributed by atoms with Crippen molar-refractivity contribution in [2.75, 3.05) is 13.8 Å². The van der Waals surface area contributed by atoms with Crippen LogP contribution in [-0.4, -0.2) is 32.4 Å². The Bertz CT molecular complexity index is 751. The smallest absolute Gasteiger partial charge is 0.269 e. The van der Waals surface area contributed by atoms with Gasteiger partial charge in [-0.05, 0) is 23.1 Å². The standard InChI is InChI=1S/C12H14N4O4S/c1-7(2)9-4-8(20-3)5-10-11(9)12(17)16(6-14-15-13)21(10,18)19/h4-5,7H,6H2,1-3H3. The molecule has 1 heterocycles. The largest absolute Gasteiger partial charge is 0.497 e. The molecule has 8 nitrogen and oxygen atoms in total. The van der Waals surface area contributed by atoms with Crippen LogP contribution in [0.25, 0.3) is 10.4 Å². The fourth-order valence-electron chi connectivity index (χ4n) is 2.19. The van der Waals surface area contributed by atoms with E-state index in [9.17, 15) is 13.2 Å². The van der Waals surface area contributed by atoms with Crippen molar-refractivity contribution >= 4 is 15.9 Å². The van der Waals surface area contributed by atoms with Gasteiger partial charge in [0.15, 0.2) is 0 Å². The average molecular weight is 310 g/mol. The van der Waals surface area contributed by atoms with Gasteiger partial charge in [-0.1, -0.05) is 19.0 Å². The first-order chi connectivity index (χ1) is 9.84. The maximum absolute atomic E-state index is 12.4. The summed E-state index contributed by atoms with van der Waals surface area (Å²) in [7, 11) is -2.59. The number of sulfonamides is 1. The van der Waals surface area contributed by atoms with E-state index in [-0.39, 0.29) is 16.4 Å². The number of nitrogens with zero attached hydrogens (tertiary/aromatic N) is 4. The second-order valence-corrected chi connectivity index (χ2v) is 6.61. The van der Waals surface area contributed by atoms with Crippen LogP contribution >= 0.6 is 0 Å². The number of fused-ring (bicyclic) bond motifs is 1. The molecular formula is C12H14N4O4S. The summed E-state index contributed by atoms with van der Waals surface area (Å²) in [5.41, 5.74) is 9.04. The molecule has 1 aromatic carbocycles. The predicted octanol–water partition coefficient (Wildman–Crippen LogP) is 2.23. The lowest BCUT2D eigenvalue weighted by Crippen LogP contribution is -2.30. The molecule has 9 heteroatoms. The molecule has 1 amide bonds. The third-order valence-electron chi connectivity index (χ3n) is 3.23. The summed E-state index contributed by atoms with van der Waals surface area (Å²) in [5, 5.41) is 3.18. The van der Waals surface area contributed by atoms with Crippen molar-refractivity contribution in [3.8, 4) is 5.75 Å². The Morgan fingerprint density at radius 3 is 2.62 bits per heavy atom. The minimum atomic E-state index is -4.02. The van der Waals surface area contributed by atoms with Crippen molar-refractivity contribution in [1.29, 1.82) is 0 Å². The fourth-order valence-corrected chi connectivity index (χ4v) is 3.67. The Morgan fingerprint density at radius 2 is 2.10 bits per heavy atom. The van der Waals surface area contributed by atoms with Crippen molar-refractivity contribution < 1.29 is 17.9 Å². The van der Waals surface area contributed by atoms with Gasteiger partial charge in [0.1, 0.15) is 17.3 Å². The van der Waals surface area contributed by atoms with Gasteiger partial charge >= 0.3 is 0 Å². The van der Waals surface area contributed by atoms with Crippen LogP contribution in [0.1, 0.15) is 35.7 Å². The van der Waals surface area contributed by atoms with Crippen LogP contribution in [0, 0.1) is 0 Å². The maximum Gasteiger partial charge on any atom is 0.269 e. The van der Waals surface area contributed by atoms with Crippen molar-refractivity contribution in [2.24, 2.45) is 5.11 Å². The lowest BCUT2D eigenvalue weighted by molar-refractivity contribution is 0.0872. The van der Waals surface area contributed by atoms with Crippen LogP contribution in [0.4, 0.5) is 0 Å². The summed E-state index contributed by atoms with van der Waals surface area (Å²) in [5.74, 6) is -0.379. The van der Waals surface area contributed by atoms with Crippen LogP contribution < -0.4 is 4.74 Å². The van der Waals surface area contributed by atoms with E-state index < -0.39 is 22.6 Å². The fraction of sp³-hybridized carbons (Fsp3) is 0.417. The molecule has 0 unspecified atom stereocenters. The third-order valence-corrected chi connectivity index (χ3v) is 4.97. The molecule has 112 valence electrons. The Morgan fingerprint density at radius 1 is 1.43 bits per heavy atom. The number of methoxy groups -OCH3 is 1. The summed E-state index contributed by atoms with van der Waals surface area (Å²) in [6.45, 7) is 3.14. The molecule has 0 atom stereocenters. The number of amides is 1. The van der Waals surface area contributed by atoms with E-state index in [1.54, 1.807) is 6.07 Å². The van der Waals surface area contributed by atoms with E-state index >= 15 is 0 Å². The molecule has 0 fully saturated rings. The minimum Gasteiger partial charge on any atom is -0.497 e. The summed E-state index contributed by atoms with van der Waals surface area (Å²) >= 11 is 0. The SMILES string of the molecule is COc1cc(C(C)C)c2c(c1)S(=O)(=O)N(CN=[N+]=[N-])C2=O. The summed E-state index contributed by atoms with van der Waals surface area (Å²) < 4.78 is 30.5. The number of carbonyl (C=O) groups is 1. The number of ether oxygens (including phenoxy) is 1. The highest BCUT2D eigenvalue weighted by Crippen LogP contribution is 2.38. The van der Waals surface area contributed by atoms with Gasteiger partial charge in [0, 0.05) is 11.0 Å². The second-order valence-electron chi connectivity index (χ2n) is 4.78. The zero-order chi connectivity index (χ0) is 15.8. The molecule has 21 heavy (non-hydrogen) atoms. The van der Waals surface area contributed by atoms with E-state index in [1.165, 1.54) is 13.2 Å². The summed E-state index contributed by atoms with van der Waals surface area (Å²) in [6, 6.07) is 2.96. The summed E-state index contributed by atoms with van der Waals surface area (Å²) in [4.78, 5) is 14.8. The Labute approximate surface area is 122 Å². The van der Waals surface area contributed by atoms with Gasteiger partial charge in [0.25, 0.3) is 15.9 Å². The Hall–Kier alpha value is -2.25. The molecule has 0 bridgehead atoms. The monoisotopic (exact) mass is 310 g/mol. The quantitative estimate of drug-likeness (QED) is 0.482. The minimum absolute atomic E-state index is 0.0626. The molecule has 0 spiro atoms. The average Bonchev–Trinajstić information content (AvgIpc) is 2.63. The van der Waals surface area contributed by atoms with Crippen molar-refractivity contribution in [3.63, 3.8) is 0 Å². The van der Waals surface area contributed by atoms with E-state index in [2.05, 4.69) is 10.0 Å². The molecule has 0 aromatic heterocycles. The number of hydrogen-bond acceptors (Lipinski definition) is 5. The van der Waals surface area contributed by atoms with Crippen LogP contribution in [0.3, 0.4) is 0 Å². The van der Waals surface area contributed by atoms with Crippen LogP contribution in [0.5, 0.6) is 5.75 Å². The molecule has 1 aromatic rings. The van der Waals surface area contributed by atoms with Crippen molar-refractivity contribution in [3.05, 3.63) is 33.7 Å². The van der Waals surface area contributed by atoms with E-state index in [1.807, 2.05) is 13.8 Å². The van der Waals surface area contributed by atoms with E-state index in [4.69, 9.17) is 10.3 Å². The number of hydrogen-bond donors (Lipinski definition) is 0. The third kappa shape index (κ3) is 2.30. The molecule has 1 aliphatic heterocycles. The van der Waals surface area contributed by atoms with Crippen molar-refractivity contribution in [1.82, 2.24) is 4.31 Å². The highest BCUT2D eigenvalue weighted by atomic mass is 32.2. The molecule has 2 rings (SSSR count).